The van der Waals surface area contributed by atoms with Crippen LogP contribution >= 0.6 is 0 Å². The third-order valence-electron chi connectivity index (χ3n) is 6.34. The molecule has 2 heterocycles. The number of nitro groups is 1. The normalized spacial score (nSPS) is 13.9. The third kappa shape index (κ3) is 3.37. The molecule has 0 radical (unpaired) electrons. The molecule has 1 aromatic heterocycles. The molecule has 0 aliphatic carbocycles. The Morgan fingerprint density at radius 1 is 1.12 bits per heavy atom. The lowest BCUT2D eigenvalue weighted by atomic mass is 9.89. The van der Waals surface area contributed by atoms with Crippen LogP contribution in [0.3, 0.4) is 0 Å². The molecule has 0 saturated carbocycles. The molecule has 0 spiro atoms. The van der Waals surface area contributed by atoms with Crippen molar-refractivity contribution in [3.8, 4) is 17.0 Å². The van der Waals surface area contributed by atoms with Gasteiger partial charge in [0.1, 0.15) is 0 Å². The fourth-order valence-corrected chi connectivity index (χ4v) is 4.90. The first-order valence-corrected chi connectivity index (χ1v) is 11.0. The molecule has 162 valence electrons. The molecule has 32 heavy (non-hydrogen) atoms. The van der Waals surface area contributed by atoms with E-state index in [1.54, 1.807) is 12.1 Å². The third-order valence-corrected chi connectivity index (χ3v) is 6.34. The van der Waals surface area contributed by atoms with Crippen molar-refractivity contribution in [3.63, 3.8) is 0 Å². The summed E-state index contributed by atoms with van der Waals surface area (Å²) in [5, 5.41) is 15.3. The van der Waals surface area contributed by atoms with Gasteiger partial charge in [0.05, 0.1) is 23.2 Å². The number of nitrogens with zero attached hydrogens (tertiary/aromatic N) is 3. The van der Waals surface area contributed by atoms with Gasteiger partial charge in [-0.15, -0.1) is 0 Å². The molecule has 1 aliphatic heterocycles. The van der Waals surface area contributed by atoms with Crippen molar-refractivity contribution < 1.29 is 9.66 Å². The van der Waals surface area contributed by atoms with Gasteiger partial charge < -0.3 is 4.74 Å². The lowest BCUT2D eigenvalue weighted by Gasteiger charge is -2.31. The summed E-state index contributed by atoms with van der Waals surface area (Å²) in [5.41, 5.74) is 4.96. The maximum Gasteiger partial charge on any atom is 0.311 e. The van der Waals surface area contributed by atoms with Gasteiger partial charge in [0.2, 0.25) is 0 Å². The first kappa shape index (κ1) is 20.4. The molecule has 0 unspecified atom stereocenters. The van der Waals surface area contributed by atoms with E-state index in [0.29, 0.717) is 0 Å². The van der Waals surface area contributed by atoms with Crippen molar-refractivity contribution in [1.29, 1.82) is 0 Å². The van der Waals surface area contributed by atoms with Crippen molar-refractivity contribution in [2.45, 2.75) is 26.3 Å². The Hall–Kier alpha value is -3.51. The van der Waals surface area contributed by atoms with E-state index in [0.717, 1.165) is 49.2 Å². The summed E-state index contributed by atoms with van der Waals surface area (Å²) in [6, 6.07) is 17.7. The van der Waals surface area contributed by atoms with E-state index in [1.807, 2.05) is 6.07 Å². The molecule has 0 fully saturated rings. The highest BCUT2D eigenvalue weighted by Crippen LogP contribution is 2.39. The Morgan fingerprint density at radius 3 is 2.75 bits per heavy atom. The van der Waals surface area contributed by atoms with Gasteiger partial charge in [-0.1, -0.05) is 37.3 Å². The molecule has 0 amide bonds. The van der Waals surface area contributed by atoms with Gasteiger partial charge in [0.15, 0.2) is 5.75 Å². The van der Waals surface area contributed by atoms with Crippen molar-refractivity contribution in [2.24, 2.45) is 0 Å². The van der Waals surface area contributed by atoms with Crippen LogP contribution in [-0.4, -0.2) is 35.0 Å². The second-order valence-electron chi connectivity index (χ2n) is 8.27. The van der Waals surface area contributed by atoms with Crippen LogP contribution in [0.25, 0.3) is 32.9 Å². The fraction of sp³-hybridized carbons (Fsp3) is 0.269. The Balaban J connectivity index is 1.80. The molecule has 6 heteroatoms. The molecule has 0 bridgehead atoms. The van der Waals surface area contributed by atoms with E-state index in [9.17, 15) is 10.1 Å². The predicted octanol–water partition coefficient (Wildman–Crippen LogP) is 5.74. The highest BCUT2D eigenvalue weighted by molar-refractivity contribution is 6.09. The zero-order chi connectivity index (χ0) is 22.2. The predicted molar refractivity (Wildman–Crippen MR) is 127 cm³/mol. The van der Waals surface area contributed by atoms with Crippen LogP contribution in [0.5, 0.6) is 5.75 Å². The van der Waals surface area contributed by atoms with E-state index in [1.165, 1.54) is 34.4 Å². The Morgan fingerprint density at radius 2 is 1.97 bits per heavy atom. The average molecular weight is 428 g/mol. The van der Waals surface area contributed by atoms with Crippen LogP contribution < -0.4 is 4.74 Å². The zero-order valence-corrected chi connectivity index (χ0v) is 18.3. The van der Waals surface area contributed by atoms with Crippen molar-refractivity contribution >= 4 is 27.4 Å². The van der Waals surface area contributed by atoms with Crippen LogP contribution in [0.15, 0.2) is 54.6 Å². The lowest BCUT2D eigenvalue weighted by molar-refractivity contribution is -0.385. The van der Waals surface area contributed by atoms with Gasteiger partial charge in [-0.3, -0.25) is 15.0 Å². The second-order valence-corrected chi connectivity index (χ2v) is 8.27. The van der Waals surface area contributed by atoms with Crippen LogP contribution in [-0.2, 0) is 13.0 Å². The monoisotopic (exact) mass is 427 g/mol. The maximum atomic E-state index is 11.6. The second kappa shape index (κ2) is 8.20. The molecule has 5 rings (SSSR count). The number of aromatic nitrogens is 1. The van der Waals surface area contributed by atoms with Gasteiger partial charge in [-0.05, 0) is 59.5 Å². The number of pyridine rings is 1. The van der Waals surface area contributed by atoms with E-state index in [2.05, 4.69) is 48.2 Å². The molecule has 6 nitrogen and oxygen atoms in total. The number of rotatable bonds is 5. The van der Waals surface area contributed by atoms with E-state index >= 15 is 0 Å². The first-order valence-electron chi connectivity index (χ1n) is 11.0. The largest absolute Gasteiger partial charge is 0.490 e. The molecule has 3 aromatic carbocycles. The number of hydrogen-bond acceptors (Lipinski definition) is 5. The quantitative estimate of drug-likeness (QED) is 0.231. The summed E-state index contributed by atoms with van der Waals surface area (Å²) >= 11 is 0. The zero-order valence-electron chi connectivity index (χ0n) is 18.3. The number of methoxy groups -OCH3 is 1. The summed E-state index contributed by atoms with van der Waals surface area (Å²) in [6.07, 6.45) is 2.02. The van der Waals surface area contributed by atoms with Crippen LogP contribution in [0.2, 0.25) is 0 Å². The van der Waals surface area contributed by atoms with Crippen molar-refractivity contribution in [1.82, 2.24) is 9.88 Å². The molecule has 0 atom stereocenters. The van der Waals surface area contributed by atoms with Gasteiger partial charge in [0, 0.05) is 30.1 Å². The standard InChI is InChI=1S/C26H25N3O3/c1-3-13-28-14-12-20-21(16-28)26(18-9-11-24(32-2)23(15-18)29(30)31)27-22-10-8-17-6-4-5-7-19(17)25(20)22/h4-11,15H,3,12-14,16H2,1-2H3. The van der Waals surface area contributed by atoms with Crippen LogP contribution in [0.1, 0.15) is 24.5 Å². The van der Waals surface area contributed by atoms with Crippen LogP contribution in [0.4, 0.5) is 5.69 Å². The van der Waals surface area contributed by atoms with Gasteiger partial charge >= 0.3 is 5.69 Å². The minimum atomic E-state index is -0.396. The summed E-state index contributed by atoms with van der Waals surface area (Å²) < 4.78 is 5.21. The summed E-state index contributed by atoms with van der Waals surface area (Å²) in [5.74, 6) is 0.256. The first-order chi connectivity index (χ1) is 15.6. The van der Waals surface area contributed by atoms with Crippen molar-refractivity contribution in [2.75, 3.05) is 20.2 Å². The number of hydrogen-bond donors (Lipinski definition) is 0. The molecule has 0 N–H and O–H groups in total. The minimum Gasteiger partial charge on any atom is -0.490 e. The molecule has 1 aliphatic rings. The summed E-state index contributed by atoms with van der Waals surface area (Å²) in [6.45, 7) is 5.01. The van der Waals surface area contributed by atoms with Crippen LogP contribution in [0, 0.1) is 10.1 Å². The lowest BCUT2D eigenvalue weighted by Crippen LogP contribution is -2.32. The topological polar surface area (TPSA) is 68.5 Å². The summed E-state index contributed by atoms with van der Waals surface area (Å²) in [4.78, 5) is 18.8. The Bertz CT molecular complexity index is 1350. The minimum absolute atomic E-state index is 0.0413. The Kier molecular flexibility index (Phi) is 5.23. The molecule has 4 aromatic rings. The number of nitro benzene ring substituents is 1. The van der Waals surface area contributed by atoms with Gasteiger partial charge in [-0.25, -0.2) is 4.98 Å². The fourth-order valence-electron chi connectivity index (χ4n) is 4.90. The number of fused-ring (bicyclic) bond motifs is 5. The highest BCUT2D eigenvalue weighted by atomic mass is 16.6. The number of benzene rings is 3. The van der Waals surface area contributed by atoms with E-state index in [4.69, 9.17) is 9.72 Å². The summed E-state index contributed by atoms with van der Waals surface area (Å²) in [7, 11) is 1.45. The molecular formula is C26H25N3O3. The van der Waals surface area contributed by atoms with E-state index in [-0.39, 0.29) is 11.4 Å². The van der Waals surface area contributed by atoms with Crippen molar-refractivity contribution in [3.05, 3.63) is 75.8 Å². The SMILES string of the molecule is CCCN1CCc2c(c(-c3ccc(OC)c([N+](=O)[O-])c3)nc3ccc4ccccc4c23)C1. The highest BCUT2D eigenvalue weighted by Gasteiger charge is 2.25. The van der Waals surface area contributed by atoms with Gasteiger partial charge in [-0.2, -0.15) is 0 Å². The smallest absolute Gasteiger partial charge is 0.311 e. The molecular weight excluding hydrogens is 402 g/mol. The average Bonchev–Trinajstić information content (AvgIpc) is 2.82. The maximum absolute atomic E-state index is 11.6. The van der Waals surface area contributed by atoms with E-state index < -0.39 is 4.92 Å². The Labute approximate surface area is 186 Å². The van der Waals surface area contributed by atoms with Gasteiger partial charge in [0.25, 0.3) is 0 Å². The molecule has 0 saturated heterocycles. The number of ether oxygens (including phenoxy) is 1.